The predicted molar refractivity (Wildman–Crippen MR) is 124 cm³/mol. The first-order valence-electron chi connectivity index (χ1n) is 10.6. The molecule has 0 aliphatic rings. The molecule has 1 atom stereocenters. The number of aryl methyl sites for hydroxylation is 1. The molecule has 0 saturated heterocycles. The van der Waals surface area contributed by atoms with Crippen molar-refractivity contribution >= 4 is 38.6 Å². The van der Waals surface area contributed by atoms with Crippen LogP contribution in [0, 0.1) is 6.92 Å². The van der Waals surface area contributed by atoms with Crippen LogP contribution in [0.1, 0.15) is 62.6 Å². The average Bonchev–Trinajstić information content (AvgIpc) is 3.08. The molecule has 2 amide bonds. The molecule has 2 heterocycles. The van der Waals surface area contributed by atoms with Gasteiger partial charge < -0.3 is 19.8 Å². The Morgan fingerprint density at radius 1 is 1.22 bits per heavy atom. The molecule has 0 radical (unpaired) electrons. The van der Waals surface area contributed by atoms with Gasteiger partial charge in [0.1, 0.15) is 27.9 Å². The molecule has 9 heteroatoms. The van der Waals surface area contributed by atoms with Crippen LogP contribution in [0.4, 0.5) is 9.80 Å². The third-order valence-electron chi connectivity index (χ3n) is 4.92. The minimum Gasteiger partial charge on any atom is -0.445 e. The normalized spacial score (nSPS) is 11.8. The number of amides is 2. The average molecular weight is 458 g/mol. The lowest BCUT2D eigenvalue weighted by atomic mass is 10.2. The summed E-state index contributed by atoms with van der Waals surface area (Å²) < 4.78 is 10.6. The fourth-order valence-corrected chi connectivity index (χ4v) is 4.21. The number of alkyl carbamates (subject to hydrolysis) is 1. The lowest BCUT2D eigenvalue weighted by Crippen LogP contribution is -2.28. The lowest BCUT2D eigenvalue weighted by molar-refractivity contribution is -0.116. The highest BCUT2D eigenvalue weighted by molar-refractivity contribution is 7.22. The summed E-state index contributed by atoms with van der Waals surface area (Å²) in [5.41, 5.74) is 0.931. The van der Waals surface area contributed by atoms with E-state index in [0.29, 0.717) is 27.2 Å². The third kappa shape index (κ3) is 5.94. The van der Waals surface area contributed by atoms with Gasteiger partial charge in [-0.3, -0.25) is 4.79 Å². The highest BCUT2D eigenvalue weighted by Gasteiger charge is 2.21. The van der Waals surface area contributed by atoms with Gasteiger partial charge in [0.2, 0.25) is 11.8 Å². The fourth-order valence-electron chi connectivity index (χ4n) is 3.12. The first kappa shape index (κ1) is 23.5. The van der Waals surface area contributed by atoms with Crippen LogP contribution in [-0.4, -0.2) is 17.0 Å². The molecule has 8 nitrogen and oxygen atoms in total. The van der Waals surface area contributed by atoms with Gasteiger partial charge in [0.05, 0.1) is 0 Å². The van der Waals surface area contributed by atoms with Crippen LogP contribution in [0.15, 0.2) is 39.5 Å². The van der Waals surface area contributed by atoms with Crippen LogP contribution < -0.4 is 16.3 Å². The molecule has 3 aromatic rings. The topological polar surface area (TPSA) is 111 Å². The van der Waals surface area contributed by atoms with Crippen molar-refractivity contribution in [3.8, 4) is 0 Å². The molecule has 1 unspecified atom stereocenters. The monoisotopic (exact) mass is 457 g/mol. The van der Waals surface area contributed by atoms with Gasteiger partial charge in [-0.1, -0.05) is 61.4 Å². The van der Waals surface area contributed by atoms with Crippen molar-refractivity contribution in [2.45, 2.75) is 59.1 Å². The van der Waals surface area contributed by atoms with Crippen LogP contribution >= 0.6 is 11.3 Å². The quantitative estimate of drug-likeness (QED) is 0.434. The molecule has 1 aromatic carbocycles. The smallest absolute Gasteiger partial charge is 0.408 e. The van der Waals surface area contributed by atoms with Gasteiger partial charge in [0, 0.05) is 12.0 Å². The number of benzene rings is 1. The Kier molecular flexibility index (Phi) is 7.99. The molecule has 0 aliphatic carbocycles. The maximum absolute atomic E-state index is 12.6. The molecule has 0 fully saturated rings. The van der Waals surface area contributed by atoms with Gasteiger partial charge in [-0.15, -0.1) is 0 Å². The maximum atomic E-state index is 12.6. The summed E-state index contributed by atoms with van der Waals surface area (Å²) in [4.78, 5) is 41.7. The molecule has 32 heavy (non-hydrogen) atoms. The first-order valence-corrected chi connectivity index (χ1v) is 11.4. The molecule has 0 aliphatic heterocycles. The van der Waals surface area contributed by atoms with Crippen molar-refractivity contribution in [3.05, 3.63) is 57.8 Å². The van der Waals surface area contributed by atoms with Crippen molar-refractivity contribution in [2.24, 2.45) is 0 Å². The maximum Gasteiger partial charge on any atom is 0.408 e. The summed E-state index contributed by atoms with van der Waals surface area (Å²) in [6, 6.07) is 8.63. The van der Waals surface area contributed by atoms with Crippen molar-refractivity contribution in [1.82, 2.24) is 10.3 Å². The number of ether oxygens (including phenoxy) is 1. The van der Waals surface area contributed by atoms with Crippen molar-refractivity contribution in [1.29, 1.82) is 0 Å². The van der Waals surface area contributed by atoms with E-state index < -0.39 is 17.8 Å². The molecule has 2 aromatic heterocycles. The van der Waals surface area contributed by atoms with E-state index in [1.165, 1.54) is 11.3 Å². The second-order valence-corrected chi connectivity index (χ2v) is 8.51. The summed E-state index contributed by atoms with van der Waals surface area (Å²) in [6.45, 7) is 5.61. The number of anilines is 1. The number of fused-ring (bicyclic) bond motifs is 1. The molecular formula is C23H27N3O5S. The molecule has 0 bridgehead atoms. The Hall–Kier alpha value is -3.20. The van der Waals surface area contributed by atoms with Gasteiger partial charge >= 0.3 is 11.7 Å². The standard InChI is InChI=1S/C23H27N3O5S/c1-4-5-7-12-17(27)25-20-14(2)18-21(32-20)26-19(31-22(18)28)15(3)24-23(29)30-13-16-10-8-6-9-11-16/h6,8-11,15H,4-5,7,12-13H2,1-3H3,(H,24,29)(H,25,27). The van der Waals surface area contributed by atoms with Gasteiger partial charge in [-0.2, -0.15) is 0 Å². The zero-order valence-corrected chi connectivity index (χ0v) is 19.2. The van der Waals surface area contributed by atoms with Gasteiger partial charge in [0.15, 0.2) is 0 Å². The highest BCUT2D eigenvalue weighted by Crippen LogP contribution is 2.32. The van der Waals surface area contributed by atoms with Crippen LogP contribution in [0.5, 0.6) is 0 Å². The van der Waals surface area contributed by atoms with Gasteiger partial charge in [0.25, 0.3) is 0 Å². The summed E-state index contributed by atoms with van der Waals surface area (Å²) >= 11 is 1.22. The van der Waals surface area contributed by atoms with E-state index in [2.05, 4.69) is 22.5 Å². The van der Waals surface area contributed by atoms with E-state index in [0.717, 1.165) is 24.8 Å². The van der Waals surface area contributed by atoms with E-state index in [4.69, 9.17) is 9.15 Å². The highest BCUT2D eigenvalue weighted by atomic mass is 32.1. The number of hydrogen-bond acceptors (Lipinski definition) is 7. The van der Waals surface area contributed by atoms with Crippen molar-refractivity contribution in [2.75, 3.05) is 5.32 Å². The Morgan fingerprint density at radius 3 is 2.69 bits per heavy atom. The molecule has 170 valence electrons. The Morgan fingerprint density at radius 2 is 1.97 bits per heavy atom. The SMILES string of the molecule is CCCCCC(=O)Nc1sc2nc(C(C)NC(=O)OCc3ccccc3)oc(=O)c2c1C. The van der Waals surface area contributed by atoms with E-state index in [9.17, 15) is 14.4 Å². The van der Waals surface area contributed by atoms with E-state index >= 15 is 0 Å². The third-order valence-corrected chi connectivity index (χ3v) is 6.02. The molecule has 3 rings (SSSR count). The minimum atomic E-state index is -0.676. The number of rotatable bonds is 9. The predicted octanol–water partition coefficient (Wildman–Crippen LogP) is 5.06. The van der Waals surface area contributed by atoms with Crippen molar-refractivity contribution < 1.29 is 18.7 Å². The van der Waals surface area contributed by atoms with Crippen molar-refractivity contribution in [3.63, 3.8) is 0 Å². The van der Waals surface area contributed by atoms with E-state index in [1.54, 1.807) is 13.8 Å². The number of nitrogens with one attached hydrogen (secondary N) is 2. The number of unbranched alkanes of at least 4 members (excludes halogenated alkanes) is 2. The first-order chi connectivity index (χ1) is 15.4. The largest absolute Gasteiger partial charge is 0.445 e. The van der Waals surface area contributed by atoms with Crippen LogP contribution in [-0.2, 0) is 16.1 Å². The number of thiophene rings is 1. The summed E-state index contributed by atoms with van der Waals surface area (Å²) in [7, 11) is 0. The van der Waals surface area contributed by atoms with Gasteiger partial charge in [-0.05, 0) is 25.8 Å². The number of nitrogens with zero attached hydrogens (tertiary/aromatic N) is 1. The number of carbonyl (C=O) groups is 2. The second kappa shape index (κ2) is 10.9. The molecule has 0 spiro atoms. The van der Waals surface area contributed by atoms with Gasteiger partial charge in [-0.25, -0.2) is 14.6 Å². The Balaban J connectivity index is 1.68. The number of carbonyl (C=O) groups excluding carboxylic acids is 2. The summed E-state index contributed by atoms with van der Waals surface area (Å²) in [5.74, 6) is -0.0184. The Bertz CT molecular complexity index is 1140. The fraction of sp³-hybridized carbons (Fsp3) is 0.391. The molecular weight excluding hydrogens is 430 g/mol. The van der Waals surface area contributed by atoms with Crippen LogP contribution in [0.25, 0.3) is 10.2 Å². The molecule has 2 N–H and O–H groups in total. The molecule has 0 saturated carbocycles. The zero-order valence-electron chi connectivity index (χ0n) is 18.4. The van der Waals surface area contributed by atoms with Crippen LogP contribution in [0.2, 0.25) is 0 Å². The second-order valence-electron chi connectivity index (χ2n) is 7.51. The van der Waals surface area contributed by atoms with E-state index in [-0.39, 0.29) is 18.4 Å². The van der Waals surface area contributed by atoms with E-state index in [1.807, 2.05) is 30.3 Å². The number of aromatic nitrogens is 1. The summed E-state index contributed by atoms with van der Waals surface area (Å²) in [6.07, 6.45) is 2.63. The summed E-state index contributed by atoms with van der Waals surface area (Å²) in [5, 5.41) is 6.41. The zero-order chi connectivity index (χ0) is 23.1. The minimum absolute atomic E-state index is 0.0706. The lowest BCUT2D eigenvalue weighted by Gasteiger charge is -2.12. The number of hydrogen-bond donors (Lipinski definition) is 2. The van der Waals surface area contributed by atoms with Crippen LogP contribution in [0.3, 0.4) is 0 Å². The Labute approximate surface area is 190 Å².